The summed E-state index contributed by atoms with van der Waals surface area (Å²) in [5.74, 6) is 0.983. The molecule has 2 atom stereocenters. The zero-order valence-electron chi connectivity index (χ0n) is 12.3. The van der Waals surface area contributed by atoms with E-state index in [0.29, 0.717) is 11.8 Å². The first-order valence-electron chi connectivity index (χ1n) is 7.51. The smallest absolute Gasteiger partial charge is 0.211 e. The maximum absolute atomic E-state index is 10.7. The summed E-state index contributed by atoms with van der Waals surface area (Å²) >= 11 is 0. The Bertz CT molecular complexity index is 852. The summed E-state index contributed by atoms with van der Waals surface area (Å²) < 4.78 is 0. The van der Waals surface area contributed by atoms with Gasteiger partial charge in [0.25, 0.3) is 0 Å². The maximum Gasteiger partial charge on any atom is 0.211 e. The van der Waals surface area contributed by atoms with Crippen molar-refractivity contribution in [3.8, 4) is 0 Å². The minimum Gasteiger partial charge on any atom is -0.328 e. The maximum atomic E-state index is 10.7. The van der Waals surface area contributed by atoms with Gasteiger partial charge in [-0.1, -0.05) is 30.3 Å². The molecule has 1 aliphatic rings. The second-order valence-electron chi connectivity index (χ2n) is 5.92. The van der Waals surface area contributed by atoms with Crippen LogP contribution in [-0.2, 0) is 4.79 Å². The van der Waals surface area contributed by atoms with Gasteiger partial charge in [0.1, 0.15) is 0 Å². The van der Waals surface area contributed by atoms with Crippen LogP contribution in [0.15, 0.2) is 42.5 Å². The molecule has 2 unspecified atom stereocenters. The van der Waals surface area contributed by atoms with Gasteiger partial charge in [0, 0.05) is 16.8 Å². The number of fused-ring (bicyclic) bond motifs is 1. The molecule has 1 fully saturated rings. The Kier molecular flexibility index (Phi) is 2.96. The number of rotatable bonds is 4. The van der Waals surface area contributed by atoms with Crippen LogP contribution in [-0.4, -0.2) is 16.6 Å². The highest BCUT2D eigenvalue weighted by Crippen LogP contribution is 2.56. The molecule has 3 aromatic rings. The van der Waals surface area contributed by atoms with Crippen LogP contribution in [0.3, 0.4) is 0 Å². The number of aryl methyl sites for hydroxylation is 1. The monoisotopic (exact) mass is 291 g/mol. The molecular weight excluding hydrogens is 274 g/mol. The molecule has 4 heteroatoms. The van der Waals surface area contributed by atoms with Gasteiger partial charge in [0.2, 0.25) is 6.41 Å². The van der Waals surface area contributed by atoms with Crippen LogP contribution >= 0.6 is 0 Å². The van der Waals surface area contributed by atoms with Crippen LogP contribution in [0.2, 0.25) is 0 Å². The molecular formula is C18H17N3O. The molecule has 110 valence electrons. The Morgan fingerprint density at radius 1 is 1.23 bits per heavy atom. The molecule has 1 amide bonds. The van der Waals surface area contributed by atoms with Crippen LogP contribution in [0.5, 0.6) is 0 Å². The fourth-order valence-corrected chi connectivity index (χ4v) is 3.32. The van der Waals surface area contributed by atoms with Crippen molar-refractivity contribution in [2.75, 3.05) is 5.32 Å². The summed E-state index contributed by atoms with van der Waals surface area (Å²) in [4.78, 5) is 10.7. The highest BCUT2D eigenvalue weighted by molar-refractivity contribution is 5.82. The van der Waals surface area contributed by atoms with E-state index in [2.05, 4.69) is 39.8 Å². The summed E-state index contributed by atoms with van der Waals surface area (Å²) in [7, 11) is 0. The van der Waals surface area contributed by atoms with Crippen molar-refractivity contribution in [2.24, 2.45) is 0 Å². The van der Waals surface area contributed by atoms with Crippen molar-refractivity contribution in [1.29, 1.82) is 0 Å². The minimum absolute atomic E-state index is 0.473. The molecule has 1 saturated carbocycles. The summed E-state index contributed by atoms with van der Waals surface area (Å²) in [6.07, 6.45) is 1.86. The number of carbonyl (C=O) groups excluding carboxylic acids is 1. The van der Waals surface area contributed by atoms with Gasteiger partial charge < -0.3 is 5.32 Å². The molecule has 0 aliphatic heterocycles. The number of benzene rings is 2. The van der Waals surface area contributed by atoms with Gasteiger partial charge >= 0.3 is 0 Å². The lowest BCUT2D eigenvalue weighted by atomic mass is 10.0. The van der Waals surface area contributed by atoms with Crippen LogP contribution in [0.25, 0.3) is 10.9 Å². The lowest BCUT2D eigenvalue weighted by Gasteiger charge is -2.08. The molecule has 2 N–H and O–H groups in total. The van der Waals surface area contributed by atoms with Gasteiger partial charge in [0.05, 0.1) is 5.52 Å². The van der Waals surface area contributed by atoms with Crippen LogP contribution in [0.1, 0.15) is 35.1 Å². The third-order valence-electron chi connectivity index (χ3n) is 4.56. The molecule has 1 heterocycles. The molecule has 1 aliphatic carbocycles. The molecule has 0 spiro atoms. The van der Waals surface area contributed by atoms with Gasteiger partial charge in [-0.2, -0.15) is 5.10 Å². The fourth-order valence-electron chi connectivity index (χ4n) is 3.32. The van der Waals surface area contributed by atoms with Gasteiger partial charge in [-0.15, -0.1) is 0 Å². The first-order valence-corrected chi connectivity index (χ1v) is 7.51. The molecule has 2 aromatic carbocycles. The van der Waals surface area contributed by atoms with Crippen LogP contribution < -0.4 is 5.32 Å². The normalized spacial score (nSPS) is 20.0. The molecule has 4 rings (SSSR count). The first kappa shape index (κ1) is 13.1. The van der Waals surface area contributed by atoms with Crippen molar-refractivity contribution in [3.05, 3.63) is 59.3 Å². The van der Waals surface area contributed by atoms with E-state index in [4.69, 9.17) is 0 Å². The van der Waals surface area contributed by atoms with Crippen molar-refractivity contribution < 1.29 is 4.79 Å². The number of anilines is 1. The molecule has 4 nitrogen and oxygen atoms in total. The third-order valence-corrected chi connectivity index (χ3v) is 4.56. The van der Waals surface area contributed by atoms with Crippen molar-refractivity contribution >= 4 is 23.0 Å². The SMILES string of the molecule is Cc1[nH]nc2cc(C3CC3c3ccccc3NC=O)ccc12. The van der Waals surface area contributed by atoms with E-state index in [1.807, 2.05) is 25.1 Å². The Hall–Kier alpha value is -2.62. The summed E-state index contributed by atoms with van der Waals surface area (Å²) in [5, 5.41) is 11.4. The molecule has 0 radical (unpaired) electrons. The van der Waals surface area contributed by atoms with E-state index in [1.165, 1.54) is 16.5 Å². The number of amides is 1. The van der Waals surface area contributed by atoms with Gasteiger partial charge in [-0.05, 0) is 48.4 Å². The average Bonchev–Trinajstić information content (AvgIpc) is 3.26. The second kappa shape index (κ2) is 4.98. The minimum atomic E-state index is 0.473. The zero-order valence-corrected chi connectivity index (χ0v) is 12.3. The topological polar surface area (TPSA) is 57.8 Å². The van der Waals surface area contributed by atoms with Crippen molar-refractivity contribution in [1.82, 2.24) is 10.2 Å². The van der Waals surface area contributed by atoms with Gasteiger partial charge in [0.15, 0.2) is 0 Å². The number of para-hydroxylation sites is 1. The Labute approximate surface area is 128 Å². The largest absolute Gasteiger partial charge is 0.328 e. The van der Waals surface area contributed by atoms with E-state index >= 15 is 0 Å². The number of carbonyl (C=O) groups is 1. The van der Waals surface area contributed by atoms with E-state index in [9.17, 15) is 4.79 Å². The van der Waals surface area contributed by atoms with E-state index in [-0.39, 0.29) is 0 Å². The van der Waals surface area contributed by atoms with Gasteiger partial charge in [-0.25, -0.2) is 0 Å². The Balaban J connectivity index is 1.64. The zero-order chi connectivity index (χ0) is 15.1. The van der Waals surface area contributed by atoms with E-state index in [0.717, 1.165) is 29.7 Å². The van der Waals surface area contributed by atoms with E-state index < -0.39 is 0 Å². The number of nitrogens with one attached hydrogen (secondary N) is 2. The fraction of sp³-hybridized carbons (Fsp3) is 0.222. The average molecular weight is 291 g/mol. The van der Waals surface area contributed by atoms with Crippen LogP contribution in [0.4, 0.5) is 5.69 Å². The number of hydrogen-bond donors (Lipinski definition) is 2. The molecule has 0 saturated heterocycles. The molecule has 22 heavy (non-hydrogen) atoms. The van der Waals surface area contributed by atoms with Gasteiger partial charge in [-0.3, -0.25) is 9.89 Å². The van der Waals surface area contributed by atoms with E-state index in [1.54, 1.807) is 0 Å². The number of aromatic amines is 1. The second-order valence-corrected chi connectivity index (χ2v) is 5.92. The molecule has 1 aromatic heterocycles. The number of H-pyrrole nitrogens is 1. The highest BCUT2D eigenvalue weighted by Gasteiger charge is 2.40. The summed E-state index contributed by atoms with van der Waals surface area (Å²) in [6, 6.07) is 14.6. The standard InChI is InChI=1S/C18H17N3O/c1-11-13-7-6-12(8-18(13)21-20-11)15-9-16(15)14-4-2-3-5-17(14)19-10-22/h2-8,10,15-16H,9H2,1H3,(H,19,22)(H,20,21). The lowest BCUT2D eigenvalue weighted by molar-refractivity contribution is -0.105. The quantitative estimate of drug-likeness (QED) is 0.720. The lowest BCUT2D eigenvalue weighted by Crippen LogP contribution is -1.98. The van der Waals surface area contributed by atoms with Crippen molar-refractivity contribution in [2.45, 2.75) is 25.2 Å². The summed E-state index contributed by atoms with van der Waals surface area (Å²) in [6.45, 7) is 2.04. The first-order chi connectivity index (χ1) is 10.8. The number of nitrogens with zero attached hydrogens (tertiary/aromatic N) is 1. The number of hydrogen-bond acceptors (Lipinski definition) is 2. The Morgan fingerprint density at radius 2 is 2.09 bits per heavy atom. The summed E-state index contributed by atoms with van der Waals surface area (Å²) in [5.41, 5.74) is 5.60. The predicted molar refractivity (Wildman–Crippen MR) is 87.1 cm³/mol. The van der Waals surface area contributed by atoms with Crippen molar-refractivity contribution in [3.63, 3.8) is 0 Å². The third kappa shape index (κ3) is 2.08. The van der Waals surface area contributed by atoms with Crippen LogP contribution in [0, 0.1) is 6.92 Å². The predicted octanol–water partition coefficient (Wildman–Crippen LogP) is 3.71. The highest BCUT2D eigenvalue weighted by atomic mass is 16.1. The number of aromatic nitrogens is 2. The molecule has 0 bridgehead atoms. The Morgan fingerprint density at radius 3 is 2.95 bits per heavy atom.